The number of aliphatic hydroxyl groups is 1. The van der Waals surface area contributed by atoms with E-state index in [0.717, 1.165) is 0 Å². The number of aromatic nitrogens is 1. The molecule has 1 heterocycles. The Bertz CT molecular complexity index is 574. The highest BCUT2D eigenvalue weighted by Gasteiger charge is 2.10. The third-order valence-corrected chi connectivity index (χ3v) is 2.89. The van der Waals surface area contributed by atoms with E-state index in [1.165, 1.54) is 0 Å². The van der Waals surface area contributed by atoms with Crippen LogP contribution in [0.2, 0.25) is 0 Å². The van der Waals surface area contributed by atoms with Gasteiger partial charge in [0.25, 0.3) is 5.91 Å². The lowest BCUT2D eigenvalue weighted by Crippen LogP contribution is -2.25. The summed E-state index contributed by atoms with van der Waals surface area (Å²) in [6.07, 6.45) is 3.85. The number of amides is 1. The highest BCUT2D eigenvalue weighted by molar-refractivity contribution is 6.09. The molecule has 0 aliphatic heterocycles. The Morgan fingerprint density at radius 1 is 1.05 bits per heavy atom. The summed E-state index contributed by atoms with van der Waals surface area (Å²) >= 11 is 0. The zero-order valence-electron chi connectivity index (χ0n) is 10.9. The fourth-order valence-electron chi connectivity index (χ4n) is 1.79. The average molecular weight is 272 g/mol. The Labute approximate surface area is 116 Å². The molecule has 1 aromatic carbocycles. The Kier molecular flexibility index (Phi) is 4.68. The van der Waals surface area contributed by atoms with E-state index in [1.807, 2.05) is 0 Å². The van der Waals surface area contributed by atoms with Crippen molar-refractivity contribution < 1.29 is 14.7 Å². The van der Waals surface area contributed by atoms with Crippen molar-refractivity contribution in [2.24, 2.45) is 0 Å². The fraction of sp³-hybridized carbons (Fsp3) is 0.200. The van der Waals surface area contributed by atoms with E-state index in [0.29, 0.717) is 29.7 Å². The maximum Gasteiger partial charge on any atom is 0.251 e. The summed E-state index contributed by atoms with van der Waals surface area (Å²) in [5.74, 6) is -0.294. The molecule has 3 N–H and O–H groups in total. The molecule has 0 radical (unpaired) electrons. The lowest BCUT2D eigenvalue weighted by molar-refractivity contribution is 0.0949. The summed E-state index contributed by atoms with van der Waals surface area (Å²) < 4.78 is 0. The van der Waals surface area contributed by atoms with Gasteiger partial charge in [0.15, 0.2) is 5.78 Å². The Hall–Kier alpha value is -2.40. The summed E-state index contributed by atoms with van der Waals surface area (Å²) in [6.45, 7) is 0.476. The van der Waals surface area contributed by atoms with Crippen molar-refractivity contribution in [1.29, 1.82) is 0 Å². The Morgan fingerprint density at radius 2 is 1.75 bits per heavy atom. The van der Waals surface area contributed by atoms with Gasteiger partial charge >= 0.3 is 0 Å². The number of benzene rings is 1. The van der Waals surface area contributed by atoms with Crippen LogP contribution >= 0.6 is 0 Å². The predicted octanol–water partition coefficient (Wildman–Crippen LogP) is 1.36. The minimum absolute atomic E-state index is 0.0460. The molecular formula is C15H16N2O3. The highest BCUT2D eigenvalue weighted by atomic mass is 16.3. The predicted molar refractivity (Wildman–Crippen MR) is 74.7 cm³/mol. The van der Waals surface area contributed by atoms with Crippen molar-refractivity contribution in [1.82, 2.24) is 10.3 Å². The molecule has 0 fully saturated rings. The van der Waals surface area contributed by atoms with E-state index in [2.05, 4.69) is 10.3 Å². The molecule has 2 rings (SSSR count). The zero-order valence-corrected chi connectivity index (χ0v) is 10.9. The van der Waals surface area contributed by atoms with Gasteiger partial charge in [-0.15, -0.1) is 0 Å². The topological polar surface area (TPSA) is 82.2 Å². The van der Waals surface area contributed by atoms with Crippen LogP contribution in [0.3, 0.4) is 0 Å². The van der Waals surface area contributed by atoms with Crippen LogP contribution in [0.15, 0.2) is 42.7 Å². The van der Waals surface area contributed by atoms with E-state index in [1.54, 1.807) is 42.7 Å². The summed E-state index contributed by atoms with van der Waals surface area (Å²) in [5.41, 5.74) is 1.62. The van der Waals surface area contributed by atoms with E-state index >= 15 is 0 Å². The third-order valence-electron chi connectivity index (χ3n) is 2.89. The SMILES string of the molecule is O=C(NCCCO)c1ccc(C(=O)c2cc[nH]c2)cc1. The van der Waals surface area contributed by atoms with Crippen LogP contribution < -0.4 is 5.32 Å². The van der Waals surface area contributed by atoms with Gasteiger partial charge in [0, 0.05) is 42.2 Å². The molecule has 0 atom stereocenters. The average Bonchev–Trinajstić information content (AvgIpc) is 3.01. The van der Waals surface area contributed by atoms with Gasteiger partial charge in [0.2, 0.25) is 0 Å². The molecule has 0 saturated carbocycles. The number of hydrogen-bond acceptors (Lipinski definition) is 3. The lowest BCUT2D eigenvalue weighted by atomic mass is 10.0. The number of ketones is 1. The molecule has 2 aromatic rings. The van der Waals surface area contributed by atoms with Crippen molar-refractivity contribution in [3.05, 3.63) is 59.4 Å². The van der Waals surface area contributed by atoms with Gasteiger partial charge in [-0.2, -0.15) is 0 Å². The van der Waals surface area contributed by atoms with Crippen LogP contribution in [0, 0.1) is 0 Å². The van der Waals surface area contributed by atoms with Gasteiger partial charge in [0.1, 0.15) is 0 Å². The van der Waals surface area contributed by atoms with Crippen LogP contribution in [0.4, 0.5) is 0 Å². The second-order valence-electron chi connectivity index (χ2n) is 4.34. The summed E-state index contributed by atoms with van der Waals surface area (Å²) in [4.78, 5) is 26.6. The van der Waals surface area contributed by atoms with Gasteiger partial charge in [-0.3, -0.25) is 9.59 Å². The molecule has 0 spiro atoms. The van der Waals surface area contributed by atoms with Gasteiger partial charge in [-0.05, 0) is 24.6 Å². The smallest absolute Gasteiger partial charge is 0.251 e. The standard InChI is InChI=1S/C15H16N2O3/c18-9-1-7-17-15(20)12-4-2-11(3-5-12)14(19)13-6-8-16-10-13/h2-6,8,10,16,18H,1,7,9H2,(H,17,20). The van der Waals surface area contributed by atoms with Gasteiger partial charge in [-0.1, -0.05) is 12.1 Å². The first-order valence-corrected chi connectivity index (χ1v) is 6.39. The molecule has 1 aromatic heterocycles. The van der Waals surface area contributed by atoms with Crippen LogP contribution in [0.1, 0.15) is 32.7 Å². The first kappa shape index (κ1) is 14.0. The molecule has 20 heavy (non-hydrogen) atoms. The fourth-order valence-corrected chi connectivity index (χ4v) is 1.79. The molecule has 5 nitrogen and oxygen atoms in total. The van der Waals surface area contributed by atoms with Crippen LogP contribution in [-0.2, 0) is 0 Å². The van der Waals surface area contributed by atoms with Gasteiger partial charge < -0.3 is 15.4 Å². The molecule has 104 valence electrons. The summed E-state index contributed by atoms with van der Waals surface area (Å²) in [7, 11) is 0. The largest absolute Gasteiger partial charge is 0.396 e. The quantitative estimate of drug-likeness (QED) is 0.548. The van der Waals surface area contributed by atoms with Gasteiger partial charge in [-0.25, -0.2) is 0 Å². The lowest BCUT2D eigenvalue weighted by Gasteiger charge is -2.05. The number of aromatic amines is 1. The molecular weight excluding hydrogens is 256 g/mol. The van der Waals surface area contributed by atoms with Crippen molar-refractivity contribution in [3.8, 4) is 0 Å². The first-order valence-electron chi connectivity index (χ1n) is 6.39. The molecule has 0 aliphatic rings. The molecule has 0 bridgehead atoms. The maximum atomic E-state index is 12.1. The molecule has 5 heteroatoms. The zero-order chi connectivity index (χ0) is 14.4. The number of aliphatic hydroxyl groups excluding tert-OH is 1. The maximum absolute atomic E-state index is 12.1. The van der Waals surface area contributed by atoms with E-state index in [4.69, 9.17) is 5.11 Å². The molecule has 1 amide bonds. The second kappa shape index (κ2) is 6.68. The summed E-state index contributed by atoms with van der Waals surface area (Å²) in [6, 6.07) is 8.22. The number of hydrogen-bond donors (Lipinski definition) is 3. The van der Waals surface area contributed by atoms with Crippen LogP contribution in [0.25, 0.3) is 0 Å². The highest BCUT2D eigenvalue weighted by Crippen LogP contribution is 2.10. The molecule has 0 unspecified atom stereocenters. The van der Waals surface area contributed by atoms with E-state index < -0.39 is 0 Å². The van der Waals surface area contributed by atoms with E-state index in [9.17, 15) is 9.59 Å². The monoisotopic (exact) mass is 272 g/mol. The van der Waals surface area contributed by atoms with Crippen molar-refractivity contribution in [2.75, 3.05) is 13.2 Å². The number of carbonyl (C=O) groups is 2. The van der Waals surface area contributed by atoms with Crippen molar-refractivity contribution >= 4 is 11.7 Å². The minimum Gasteiger partial charge on any atom is -0.396 e. The molecule has 0 saturated heterocycles. The first-order chi connectivity index (χ1) is 9.72. The van der Waals surface area contributed by atoms with E-state index in [-0.39, 0.29) is 18.3 Å². The summed E-state index contributed by atoms with van der Waals surface area (Å²) in [5, 5.41) is 11.3. The Morgan fingerprint density at radius 3 is 2.35 bits per heavy atom. The minimum atomic E-state index is -0.209. The number of rotatable bonds is 6. The number of carbonyl (C=O) groups excluding carboxylic acids is 2. The second-order valence-corrected chi connectivity index (χ2v) is 4.34. The number of nitrogens with one attached hydrogen (secondary N) is 2. The van der Waals surface area contributed by atoms with Crippen LogP contribution in [-0.4, -0.2) is 34.9 Å². The third kappa shape index (κ3) is 3.33. The van der Waals surface area contributed by atoms with Crippen molar-refractivity contribution in [2.45, 2.75) is 6.42 Å². The van der Waals surface area contributed by atoms with Gasteiger partial charge in [0.05, 0.1) is 0 Å². The normalized spacial score (nSPS) is 10.2. The van der Waals surface area contributed by atoms with Crippen molar-refractivity contribution in [3.63, 3.8) is 0 Å². The molecule has 0 aliphatic carbocycles. The number of H-pyrrole nitrogens is 1. The Balaban J connectivity index is 2.03. The van der Waals surface area contributed by atoms with Crippen LogP contribution in [0.5, 0.6) is 0 Å².